The minimum atomic E-state index is -3.64. The first-order chi connectivity index (χ1) is 10.4. The molecule has 0 saturated carbocycles. The van der Waals surface area contributed by atoms with Crippen LogP contribution < -0.4 is 4.72 Å². The molecular formula is C15H17N3O2S2. The first-order valence-electron chi connectivity index (χ1n) is 6.63. The summed E-state index contributed by atoms with van der Waals surface area (Å²) in [6, 6.07) is 11.8. The van der Waals surface area contributed by atoms with E-state index in [0.29, 0.717) is 5.56 Å². The summed E-state index contributed by atoms with van der Waals surface area (Å²) in [6.45, 7) is 0.270. The second-order valence-corrected chi connectivity index (χ2v) is 7.73. The minimum absolute atomic E-state index is 0.0334. The molecule has 1 atom stereocenters. The quantitative estimate of drug-likeness (QED) is 0.878. The summed E-state index contributed by atoms with van der Waals surface area (Å²) in [5.74, 6) is 0. The number of nitrogens with zero attached hydrogens (tertiary/aromatic N) is 2. The summed E-state index contributed by atoms with van der Waals surface area (Å²) >= 11 is 1.59. The number of nitriles is 1. The first-order valence-corrected chi connectivity index (χ1v) is 9.00. The molecule has 7 heteroatoms. The highest BCUT2D eigenvalue weighted by molar-refractivity contribution is 7.89. The fourth-order valence-corrected chi connectivity index (χ4v) is 4.03. The molecule has 0 aliphatic carbocycles. The summed E-state index contributed by atoms with van der Waals surface area (Å²) in [4.78, 5) is 3.17. The van der Waals surface area contributed by atoms with Crippen LogP contribution in [0.2, 0.25) is 0 Å². The summed E-state index contributed by atoms with van der Waals surface area (Å²) in [5.41, 5.74) is 0.324. The van der Waals surface area contributed by atoms with Crippen molar-refractivity contribution in [3.63, 3.8) is 0 Å². The van der Waals surface area contributed by atoms with E-state index < -0.39 is 10.0 Å². The summed E-state index contributed by atoms with van der Waals surface area (Å²) in [6.07, 6.45) is 0. The molecule has 0 bridgehead atoms. The largest absolute Gasteiger partial charge is 0.300 e. The highest BCUT2D eigenvalue weighted by atomic mass is 32.2. The van der Waals surface area contributed by atoms with Crippen LogP contribution in [0, 0.1) is 11.3 Å². The molecule has 1 unspecified atom stereocenters. The van der Waals surface area contributed by atoms with Gasteiger partial charge >= 0.3 is 0 Å². The van der Waals surface area contributed by atoms with Crippen LogP contribution >= 0.6 is 11.3 Å². The fraction of sp³-hybridized carbons (Fsp3) is 0.267. The third-order valence-corrected chi connectivity index (χ3v) is 5.63. The standard InChI is InChI=1S/C15H17N3O2S2/c1-18(2)14(15-7-4-8-21-15)11-17-22(19,20)13-6-3-5-12(9-13)10-16/h3-9,14,17H,11H2,1-2H3. The number of benzene rings is 1. The molecule has 0 spiro atoms. The van der Waals surface area contributed by atoms with Gasteiger partial charge in [-0.25, -0.2) is 13.1 Å². The number of thiophene rings is 1. The van der Waals surface area contributed by atoms with Crippen LogP contribution in [0.3, 0.4) is 0 Å². The van der Waals surface area contributed by atoms with Gasteiger partial charge in [-0.05, 0) is 43.7 Å². The van der Waals surface area contributed by atoms with Crippen molar-refractivity contribution < 1.29 is 8.42 Å². The topological polar surface area (TPSA) is 73.2 Å². The molecule has 0 aliphatic rings. The monoisotopic (exact) mass is 335 g/mol. The second kappa shape index (κ2) is 7.03. The van der Waals surface area contributed by atoms with Crippen LogP contribution in [0.4, 0.5) is 0 Å². The average Bonchev–Trinajstić information content (AvgIpc) is 3.01. The highest BCUT2D eigenvalue weighted by Gasteiger charge is 2.20. The first kappa shape index (κ1) is 16.6. The van der Waals surface area contributed by atoms with E-state index in [1.54, 1.807) is 23.5 Å². The van der Waals surface area contributed by atoms with Gasteiger partial charge in [0.25, 0.3) is 0 Å². The van der Waals surface area contributed by atoms with Gasteiger partial charge in [0, 0.05) is 11.4 Å². The van der Waals surface area contributed by atoms with Crippen molar-refractivity contribution >= 4 is 21.4 Å². The minimum Gasteiger partial charge on any atom is -0.300 e. The highest BCUT2D eigenvalue weighted by Crippen LogP contribution is 2.23. The molecule has 0 fully saturated rings. The average molecular weight is 335 g/mol. The number of sulfonamides is 1. The van der Waals surface area contributed by atoms with Crippen LogP contribution in [0.25, 0.3) is 0 Å². The lowest BCUT2D eigenvalue weighted by atomic mass is 10.2. The third kappa shape index (κ3) is 3.93. The van der Waals surface area contributed by atoms with Crippen molar-refractivity contribution in [1.82, 2.24) is 9.62 Å². The molecule has 22 heavy (non-hydrogen) atoms. The van der Waals surface area contributed by atoms with Gasteiger partial charge in [0.1, 0.15) is 0 Å². The Morgan fingerprint density at radius 3 is 2.68 bits per heavy atom. The third-order valence-electron chi connectivity index (χ3n) is 3.24. The van der Waals surface area contributed by atoms with Crippen molar-refractivity contribution in [2.45, 2.75) is 10.9 Å². The van der Waals surface area contributed by atoms with Crippen LogP contribution in [-0.2, 0) is 10.0 Å². The molecule has 1 aromatic carbocycles. The Morgan fingerprint density at radius 1 is 1.32 bits per heavy atom. The predicted octanol–water partition coefficient (Wildman–Crippen LogP) is 2.20. The molecule has 5 nitrogen and oxygen atoms in total. The Kier molecular flexibility index (Phi) is 5.32. The maximum absolute atomic E-state index is 12.4. The summed E-state index contributed by atoms with van der Waals surface area (Å²) in [7, 11) is 0.188. The molecule has 2 rings (SSSR count). The Labute approximate surface area is 134 Å². The zero-order valence-electron chi connectivity index (χ0n) is 12.4. The number of rotatable bonds is 6. The van der Waals surface area contributed by atoms with E-state index in [1.165, 1.54) is 12.1 Å². The lowest BCUT2D eigenvalue weighted by molar-refractivity contribution is 0.303. The Bertz CT molecular complexity index is 762. The normalized spacial score (nSPS) is 13.0. The van der Waals surface area contributed by atoms with E-state index in [9.17, 15) is 8.42 Å². The fourth-order valence-electron chi connectivity index (χ4n) is 2.02. The zero-order valence-corrected chi connectivity index (χ0v) is 14.0. The van der Waals surface area contributed by atoms with E-state index in [0.717, 1.165) is 4.88 Å². The van der Waals surface area contributed by atoms with Gasteiger partial charge in [0.2, 0.25) is 10.0 Å². The van der Waals surface area contributed by atoms with Crippen molar-refractivity contribution in [3.05, 3.63) is 52.2 Å². The van der Waals surface area contributed by atoms with Crippen molar-refractivity contribution in [3.8, 4) is 6.07 Å². The van der Waals surface area contributed by atoms with E-state index in [2.05, 4.69) is 4.72 Å². The predicted molar refractivity (Wildman–Crippen MR) is 87.1 cm³/mol. The molecule has 0 saturated heterocycles. The van der Waals surface area contributed by atoms with Crippen molar-refractivity contribution in [2.75, 3.05) is 20.6 Å². The molecule has 1 N–H and O–H groups in total. The Morgan fingerprint density at radius 2 is 2.09 bits per heavy atom. The SMILES string of the molecule is CN(C)C(CNS(=O)(=O)c1cccc(C#N)c1)c1cccs1. The van der Waals surface area contributed by atoms with Gasteiger partial charge in [-0.2, -0.15) is 5.26 Å². The molecule has 1 heterocycles. The molecule has 0 radical (unpaired) electrons. The smallest absolute Gasteiger partial charge is 0.240 e. The number of likely N-dealkylation sites (N-methyl/N-ethyl adjacent to an activating group) is 1. The number of hydrogen-bond donors (Lipinski definition) is 1. The van der Waals surface area contributed by atoms with Gasteiger partial charge in [-0.3, -0.25) is 0 Å². The molecule has 2 aromatic rings. The van der Waals surface area contributed by atoms with Crippen LogP contribution in [-0.4, -0.2) is 34.0 Å². The van der Waals surface area contributed by atoms with Gasteiger partial charge in [0.05, 0.1) is 22.6 Å². The number of hydrogen-bond acceptors (Lipinski definition) is 5. The van der Waals surface area contributed by atoms with E-state index in [4.69, 9.17) is 5.26 Å². The van der Waals surface area contributed by atoms with E-state index in [1.807, 2.05) is 42.6 Å². The van der Waals surface area contributed by atoms with Crippen molar-refractivity contribution in [2.24, 2.45) is 0 Å². The lowest BCUT2D eigenvalue weighted by Crippen LogP contribution is -2.34. The zero-order chi connectivity index (χ0) is 16.2. The van der Waals surface area contributed by atoms with E-state index in [-0.39, 0.29) is 17.5 Å². The summed E-state index contributed by atoms with van der Waals surface area (Å²) < 4.78 is 27.3. The lowest BCUT2D eigenvalue weighted by Gasteiger charge is -2.23. The van der Waals surface area contributed by atoms with Crippen LogP contribution in [0.5, 0.6) is 0 Å². The maximum atomic E-state index is 12.4. The van der Waals surface area contributed by atoms with Crippen molar-refractivity contribution in [1.29, 1.82) is 5.26 Å². The second-order valence-electron chi connectivity index (χ2n) is 4.99. The van der Waals surface area contributed by atoms with Crippen LogP contribution in [0.15, 0.2) is 46.7 Å². The number of nitrogens with one attached hydrogen (secondary N) is 1. The molecule has 0 amide bonds. The van der Waals surface area contributed by atoms with Gasteiger partial charge in [-0.15, -0.1) is 11.3 Å². The van der Waals surface area contributed by atoms with Gasteiger partial charge in [0.15, 0.2) is 0 Å². The molecule has 116 valence electrons. The molecule has 0 aliphatic heterocycles. The molecular weight excluding hydrogens is 318 g/mol. The maximum Gasteiger partial charge on any atom is 0.240 e. The Hall–Kier alpha value is -1.72. The van der Waals surface area contributed by atoms with E-state index >= 15 is 0 Å². The van der Waals surface area contributed by atoms with Crippen LogP contribution in [0.1, 0.15) is 16.5 Å². The molecule has 1 aromatic heterocycles. The van der Waals surface area contributed by atoms with Gasteiger partial charge < -0.3 is 4.90 Å². The summed E-state index contributed by atoms with van der Waals surface area (Å²) in [5, 5.41) is 10.8. The van der Waals surface area contributed by atoms with Gasteiger partial charge in [-0.1, -0.05) is 12.1 Å². The Balaban J connectivity index is 2.16.